The molecule has 1 aliphatic heterocycles. The third-order valence-electron chi connectivity index (χ3n) is 3.73. The number of nitrogens with one attached hydrogen (secondary N) is 1. The van der Waals surface area contributed by atoms with Gasteiger partial charge in [-0.3, -0.25) is 0 Å². The molecule has 1 aromatic carbocycles. The second-order valence-electron chi connectivity index (χ2n) is 4.94. The first-order valence-corrected chi connectivity index (χ1v) is 7.62. The Morgan fingerprint density at radius 2 is 2.37 bits per heavy atom. The van der Waals surface area contributed by atoms with Gasteiger partial charge in [-0.15, -0.1) is 0 Å². The van der Waals surface area contributed by atoms with Crippen LogP contribution in [0.4, 0.5) is 0 Å². The van der Waals surface area contributed by atoms with Gasteiger partial charge < -0.3 is 9.72 Å². The summed E-state index contributed by atoms with van der Waals surface area (Å²) in [4.78, 5) is 3.55. The molecule has 2 nitrogen and oxygen atoms in total. The van der Waals surface area contributed by atoms with Gasteiger partial charge >= 0.3 is 0 Å². The van der Waals surface area contributed by atoms with Gasteiger partial charge in [0.15, 0.2) is 0 Å². The van der Waals surface area contributed by atoms with Crippen molar-refractivity contribution >= 4 is 26.8 Å². The number of hydrogen-bond acceptors (Lipinski definition) is 1. The summed E-state index contributed by atoms with van der Waals surface area (Å²) < 4.78 is 7.12. The average molecular weight is 320 g/mol. The van der Waals surface area contributed by atoms with Crippen molar-refractivity contribution in [2.24, 2.45) is 0 Å². The van der Waals surface area contributed by atoms with Gasteiger partial charge in [0.25, 0.3) is 0 Å². The van der Waals surface area contributed by atoms with Crippen molar-refractivity contribution in [1.82, 2.24) is 4.98 Å². The molecule has 1 aliphatic rings. The highest BCUT2D eigenvalue weighted by molar-refractivity contribution is 9.10. The molecule has 0 saturated heterocycles. The van der Waals surface area contributed by atoms with Crippen LogP contribution in [0.2, 0.25) is 0 Å². The zero-order chi connectivity index (χ0) is 13.2. The minimum Gasteiger partial charge on any atom is -0.372 e. The van der Waals surface area contributed by atoms with Gasteiger partial charge in [0.2, 0.25) is 0 Å². The molecule has 1 N–H and O–H groups in total. The molecule has 2 heterocycles. The van der Waals surface area contributed by atoms with E-state index in [0.29, 0.717) is 0 Å². The Bertz CT molecular complexity index is 614. The first-order valence-electron chi connectivity index (χ1n) is 6.83. The van der Waals surface area contributed by atoms with E-state index in [-0.39, 0.29) is 6.10 Å². The van der Waals surface area contributed by atoms with Crippen molar-refractivity contribution in [2.75, 3.05) is 6.61 Å². The van der Waals surface area contributed by atoms with Gasteiger partial charge in [-0.1, -0.05) is 34.1 Å². The van der Waals surface area contributed by atoms with Crippen LogP contribution >= 0.6 is 15.9 Å². The molecule has 19 heavy (non-hydrogen) atoms. The highest BCUT2D eigenvalue weighted by atomic mass is 79.9. The highest BCUT2D eigenvalue weighted by Crippen LogP contribution is 2.37. The Kier molecular flexibility index (Phi) is 3.76. The molecule has 3 rings (SSSR count). The van der Waals surface area contributed by atoms with E-state index in [0.717, 1.165) is 25.9 Å². The third kappa shape index (κ3) is 2.37. The van der Waals surface area contributed by atoms with Crippen molar-refractivity contribution in [3.05, 3.63) is 46.1 Å². The first kappa shape index (κ1) is 12.9. The molecule has 100 valence electrons. The van der Waals surface area contributed by atoms with Crippen LogP contribution in [-0.4, -0.2) is 11.6 Å². The van der Waals surface area contributed by atoms with Crippen LogP contribution in [0, 0.1) is 0 Å². The summed E-state index contributed by atoms with van der Waals surface area (Å²) in [7, 11) is 0. The third-order valence-corrected chi connectivity index (χ3v) is 4.39. The monoisotopic (exact) mass is 319 g/mol. The Labute approximate surface area is 122 Å². The van der Waals surface area contributed by atoms with Crippen molar-refractivity contribution < 1.29 is 4.74 Å². The zero-order valence-corrected chi connectivity index (χ0v) is 12.7. The second-order valence-corrected chi connectivity index (χ2v) is 5.79. The quantitative estimate of drug-likeness (QED) is 0.799. The van der Waals surface area contributed by atoms with Crippen LogP contribution in [0.5, 0.6) is 0 Å². The molecule has 0 aliphatic carbocycles. The zero-order valence-electron chi connectivity index (χ0n) is 11.1. The molecule has 0 bridgehead atoms. The van der Waals surface area contributed by atoms with E-state index in [9.17, 15) is 0 Å². The number of rotatable bonds is 3. The van der Waals surface area contributed by atoms with Crippen LogP contribution in [-0.2, 0) is 11.2 Å². The highest BCUT2D eigenvalue weighted by Gasteiger charge is 2.25. The Morgan fingerprint density at radius 1 is 1.47 bits per heavy atom. The lowest BCUT2D eigenvalue weighted by Crippen LogP contribution is -2.15. The molecule has 2 aromatic rings. The van der Waals surface area contributed by atoms with Gasteiger partial charge in [-0.05, 0) is 43.9 Å². The van der Waals surface area contributed by atoms with Gasteiger partial charge in [-0.2, -0.15) is 0 Å². The van der Waals surface area contributed by atoms with Crippen LogP contribution in [0.1, 0.15) is 37.1 Å². The molecule has 1 unspecified atom stereocenters. The molecule has 1 aromatic heterocycles. The fourth-order valence-electron chi connectivity index (χ4n) is 2.85. The molecule has 0 radical (unpaired) electrons. The molecule has 0 amide bonds. The number of H-pyrrole nitrogens is 1. The number of hydrogen-bond donors (Lipinski definition) is 1. The fourth-order valence-corrected chi connectivity index (χ4v) is 3.46. The minimum absolute atomic E-state index is 0.208. The van der Waals surface area contributed by atoms with E-state index >= 15 is 0 Å². The Hall–Kier alpha value is -1.06. The molecule has 3 heteroatoms. The lowest BCUT2D eigenvalue weighted by atomic mass is 10.00. The van der Waals surface area contributed by atoms with E-state index in [4.69, 9.17) is 4.74 Å². The maximum absolute atomic E-state index is 5.94. The Balaban J connectivity index is 2.00. The number of allylic oxidation sites excluding steroid dienone is 2. The SMILES string of the molecule is C/C=C/CCC1OCCc2c1[nH]c1cccc(Br)c21. The van der Waals surface area contributed by atoms with Gasteiger partial charge in [0.05, 0.1) is 12.7 Å². The summed E-state index contributed by atoms with van der Waals surface area (Å²) >= 11 is 3.67. The molecule has 0 spiro atoms. The van der Waals surface area contributed by atoms with Gasteiger partial charge in [-0.25, -0.2) is 0 Å². The number of halogens is 1. The predicted octanol–water partition coefficient (Wildman–Crippen LogP) is 4.90. The van der Waals surface area contributed by atoms with E-state index < -0.39 is 0 Å². The van der Waals surface area contributed by atoms with Crippen LogP contribution in [0.15, 0.2) is 34.8 Å². The minimum atomic E-state index is 0.208. The second kappa shape index (κ2) is 5.51. The molecule has 0 saturated carbocycles. The number of fused-ring (bicyclic) bond motifs is 3. The lowest BCUT2D eigenvalue weighted by Gasteiger charge is -2.23. The maximum atomic E-state index is 5.94. The fraction of sp³-hybridized carbons (Fsp3) is 0.375. The van der Waals surface area contributed by atoms with Crippen molar-refractivity contribution in [3.63, 3.8) is 0 Å². The smallest absolute Gasteiger partial charge is 0.0978 e. The summed E-state index contributed by atoms with van der Waals surface area (Å²) in [5, 5.41) is 1.33. The molecular weight excluding hydrogens is 302 g/mol. The van der Waals surface area contributed by atoms with Crippen LogP contribution in [0.3, 0.4) is 0 Å². The first-order chi connectivity index (χ1) is 9.31. The van der Waals surface area contributed by atoms with Crippen LogP contribution in [0.25, 0.3) is 10.9 Å². The molecular formula is C16H18BrNO. The summed E-state index contributed by atoms with van der Waals surface area (Å²) in [5.74, 6) is 0. The largest absolute Gasteiger partial charge is 0.372 e. The summed E-state index contributed by atoms with van der Waals surface area (Å²) in [6.45, 7) is 2.88. The normalized spacial score (nSPS) is 19.2. The summed E-state index contributed by atoms with van der Waals surface area (Å²) in [6.07, 6.45) is 7.62. The van der Waals surface area contributed by atoms with E-state index in [1.807, 2.05) is 0 Å². The van der Waals surface area contributed by atoms with Crippen molar-refractivity contribution in [3.8, 4) is 0 Å². The Morgan fingerprint density at radius 3 is 3.21 bits per heavy atom. The van der Waals surface area contributed by atoms with Gasteiger partial charge in [0.1, 0.15) is 0 Å². The number of aromatic amines is 1. The summed E-state index contributed by atoms with van der Waals surface area (Å²) in [6, 6.07) is 6.33. The van der Waals surface area contributed by atoms with Crippen molar-refractivity contribution in [1.29, 1.82) is 0 Å². The summed E-state index contributed by atoms with van der Waals surface area (Å²) in [5.41, 5.74) is 3.91. The molecule has 0 fully saturated rings. The number of aromatic nitrogens is 1. The van der Waals surface area contributed by atoms with E-state index in [1.165, 1.54) is 26.6 Å². The number of ether oxygens (including phenoxy) is 1. The number of benzene rings is 1. The van der Waals surface area contributed by atoms with E-state index in [2.05, 4.69) is 58.2 Å². The average Bonchev–Trinajstić information content (AvgIpc) is 2.80. The van der Waals surface area contributed by atoms with Crippen LogP contribution < -0.4 is 0 Å². The van der Waals surface area contributed by atoms with Crippen molar-refractivity contribution in [2.45, 2.75) is 32.3 Å². The maximum Gasteiger partial charge on any atom is 0.0978 e. The topological polar surface area (TPSA) is 25.0 Å². The molecule has 1 atom stereocenters. The van der Waals surface area contributed by atoms with E-state index in [1.54, 1.807) is 0 Å². The standard InChI is InChI=1S/C16H18BrNO/c1-2-3-4-8-14-16-11(9-10-19-14)15-12(17)6-5-7-13(15)18-16/h2-3,5-7,14,18H,4,8-10H2,1H3/b3-2+. The van der Waals surface area contributed by atoms with Gasteiger partial charge in [0, 0.05) is 21.1 Å². The lowest BCUT2D eigenvalue weighted by molar-refractivity contribution is 0.0350. The predicted molar refractivity (Wildman–Crippen MR) is 82.4 cm³/mol.